The Morgan fingerprint density at radius 1 is 1.17 bits per heavy atom. The number of fused-ring (bicyclic) bond motifs is 1. The third kappa shape index (κ3) is 5.03. The van der Waals surface area contributed by atoms with E-state index in [-0.39, 0.29) is 0 Å². The van der Waals surface area contributed by atoms with E-state index in [2.05, 4.69) is 41.1 Å². The van der Waals surface area contributed by atoms with Crippen molar-refractivity contribution in [3.8, 4) is 11.5 Å². The largest absolute Gasteiger partial charge is 0.493 e. The first kappa shape index (κ1) is 20.0. The standard InChI is InChI=1S/C24H32N2O3/c1-18-7-8-22(29-18)16-26-11-9-19(10-12-26)14-25(2)15-20-13-21-5-4-6-23(27-3)24(21)28-17-20/h4-8,13,19H,9-12,14-17H2,1-3H3. The molecule has 3 heterocycles. The zero-order valence-corrected chi connectivity index (χ0v) is 17.8. The monoisotopic (exact) mass is 396 g/mol. The lowest BCUT2D eigenvalue weighted by molar-refractivity contribution is 0.143. The molecule has 0 spiro atoms. The van der Waals surface area contributed by atoms with E-state index in [4.69, 9.17) is 13.9 Å². The molecule has 1 aromatic carbocycles. The number of likely N-dealkylation sites (tertiary alicyclic amines) is 1. The molecule has 2 aromatic rings. The Balaban J connectivity index is 1.25. The Morgan fingerprint density at radius 2 is 2.00 bits per heavy atom. The average Bonchev–Trinajstić information content (AvgIpc) is 3.13. The molecule has 0 atom stereocenters. The van der Waals surface area contributed by atoms with Crippen molar-refractivity contribution < 1.29 is 13.9 Å². The summed E-state index contributed by atoms with van der Waals surface area (Å²) in [5.41, 5.74) is 2.43. The van der Waals surface area contributed by atoms with Crippen molar-refractivity contribution in [2.75, 3.05) is 46.9 Å². The van der Waals surface area contributed by atoms with Gasteiger partial charge in [0.05, 0.1) is 13.7 Å². The molecule has 0 radical (unpaired) electrons. The number of likely N-dealkylation sites (N-methyl/N-ethyl adjacent to an activating group) is 1. The summed E-state index contributed by atoms with van der Waals surface area (Å²) in [6.45, 7) is 7.96. The Kier molecular flexibility index (Phi) is 6.26. The number of piperidine rings is 1. The highest BCUT2D eigenvalue weighted by atomic mass is 16.5. The molecule has 2 aliphatic heterocycles. The van der Waals surface area contributed by atoms with Crippen LogP contribution in [0.15, 0.2) is 40.3 Å². The second-order valence-corrected chi connectivity index (χ2v) is 8.40. The third-order valence-electron chi connectivity index (χ3n) is 5.92. The molecular formula is C24H32N2O3. The third-order valence-corrected chi connectivity index (χ3v) is 5.92. The average molecular weight is 397 g/mol. The van der Waals surface area contributed by atoms with Crippen LogP contribution in [0, 0.1) is 12.8 Å². The molecule has 1 fully saturated rings. The van der Waals surface area contributed by atoms with Gasteiger partial charge in [0, 0.05) is 18.7 Å². The predicted molar refractivity (Wildman–Crippen MR) is 115 cm³/mol. The maximum absolute atomic E-state index is 5.99. The van der Waals surface area contributed by atoms with Gasteiger partial charge >= 0.3 is 0 Å². The molecule has 0 N–H and O–H groups in total. The van der Waals surface area contributed by atoms with Gasteiger partial charge in [-0.1, -0.05) is 12.1 Å². The summed E-state index contributed by atoms with van der Waals surface area (Å²) in [5, 5.41) is 0. The Labute approximate surface area is 173 Å². The van der Waals surface area contributed by atoms with Crippen LogP contribution >= 0.6 is 0 Å². The molecule has 5 heteroatoms. The van der Waals surface area contributed by atoms with E-state index >= 15 is 0 Å². The van der Waals surface area contributed by atoms with Gasteiger partial charge in [-0.15, -0.1) is 0 Å². The second-order valence-electron chi connectivity index (χ2n) is 8.40. The van der Waals surface area contributed by atoms with Gasteiger partial charge < -0.3 is 18.8 Å². The molecule has 0 saturated carbocycles. The first-order valence-corrected chi connectivity index (χ1v) is 10.6. The highest BCUT2D eigenvalue weighted by Gasteiger charge is 2.22. The van der Waals surface area contributed by atoms with Crippen molar-refractivity contribution in [1.82, 2.24) is 9.80 Å². The fourth-order valence-corrected chi connectivity index (χ4v) is 4.45. The summed E-state index contributed by atoms with van der Waals surface area (Å²) in [7, 11) is 3.91. The van der Waals surface area contributed by atoms with Crippen molar-refractivity contribution in [1.29, 1.82) is 0 Å². The predicted octanol–water partition coefficient (Wildman–Crippen LogP) is 4.22. The first-order valence-electron chi connectivity index (χ1n) is 10.6. The van der Waals surface area contributed by atoms with Crippen LogP contribution in [0.2, 0.25) is 0 Å². The summed E-state index contributed by atoms with van der Waals surface area (Å²) >= 11 is 0. The molecule has 0 aliphatic carbocycles. The topological polar surface area (TPSA) is 38.1 Å². The van der Waals surface area contributed by atoms with E-state index < -0.39 is 0 Å². The zero-order chi connectivity index (χ0) is 20.2. The van der Waals surface area contributed by atoms with Crippen LogP contribution < -0.4 is 9.47 Å². The Morgan fingerprint density at radius 3 is 2.72 bits per heavy atom. The minimum Gasteiger partial charge on any atom is -0.493 e. The number of hydrogen-bond donors (Lipinski definition) is 0. The van der Waals surface area contributed by atoms with Crippen LogP contribution in [-0.4, -0.2) is 56.7 Å². The number of ether oxygens (including phenoxy) is 2. The molecule has 5 nitrogen and oxygen atoms in total. The number of benzene rings is 1. The molecule has 0 bridgehead atoms. The van der Waals surface area contributed by atoms with Crippen molar-refractivity contribution in [3.05, 3.63) is 53.0 Å². The molecular weight excluding hydrogens is 364 g/mol. The van der Waals surface area contributed by atoms with Crippen molar-refractivity contribution >= 4 is 6.08 Å². The van der Waals surface area contributed by atoms with Gasteiger partial charge in [0.15, 0.2) is 11.5 Å². The molecule has 2 aliphatic rings. The molecule has 0 amide bonds. The van der Waals surface area contributed by atoms with E-state index in [1.54, 1.807) is 7.11 Å². The van der Waals surface area contributed by atoms with Crippen molar-refractivity contribution in [3.63, 3.8) is 0 Å². The van der Waals surface area contributed by atoms with Crippen LogP contribution in [0.5, 0.6) is 11.5 Å². The number of rotatable bonds is 7. The molecule has 0 unspecified atom stereocenters. The van der Waals surface area contributed by atoms with Gasteiger partial charge in [-0.25, -0.2) is 0 Å². The number of hydrogen-bond acceptors (Lipinski definition) is 5. The maximum atomic E-state index is 5.99. The second kappa shape index (κ2) is 9.06. The Hall–Kier alpha value is -2.24. The van der Waals surface area contributed by atoms with E-state index in [9.17, 15) is 0 Å². The molecule has 1 aromatic heterocycles. The smallest absolute Gasteiger partial charge is 0.168 e. The number of methoxy groups -OCH3 is 1. The lowest BCUT2D eigenvalue weighted by Gasteiger charge is -2.34. The molecule has 4 rings (SSSR count). The van der Waals surface area contributed by atoms with Gasteiger partial charge in [0.1, 0.15) is 18.1 Å². The number of para-hydroxylation sites is 1. The highest BCUT2D eigenvalue weighted by molar-refractivity contribution is 5.66. The number of aryl methyl sites for hydroxylation is 1. The van der Waals surface area contributed by atoms with Crippen LogP contribution in [0.25, 0.3) is 6.08 Å². The van der Waals surface area contributed by atoms with Crippen LogP contribution in [0.1, 0.15) is 29.9 Å². The minimum atomic E-state index is 0.638. The van der Waals surface area contributed by atoms with Gasteiger partial charge in [0.2, 0.25) is 0 Å². The van der Waals surface area contributed by atoms with E-state index in [1.165, 1.54) is 18.4 Å². The SMILES string of the molecule is COc1cccc2c1OCC(CN(C)CC1CCN(Cc3ccc(C)o3)CC1)=C2. The van der Waals surface area contributed by atoms with Gasteiger partial charge in [-0.05, 0) is 75.7 Å². The number of furan rings is 1. The van der Waals surface area contributed by atoms with Gasteiger partial charge in [-0.3, -0.25) is 4.90 Å². The van der Waals surface area contributed by atoms with Crippen LogP contribution in [0.3, 0.4) is 0 Å². The maximum Gasteiger partial charge on any atom is 0.168 e. The van der Waals surface area contributed by atoms with Crippen LogP contribution in [0.4, 0.5) is 0 Å². The number of nitrogens with zero attached hydrogens (tertiary/aromatic N) is 2. The van der Waals surface area contributed by atoms with E-state index in [0.29, 0.717) is 6.61 Å². The van der Waals surface area contributed by atoms with E-state index in [1.807, 2.05) is 19.1 Å². The fourth-order valence-electron chi connectivity index (χ4n) is 4.45. The summed E-state index contributed by atoms with van der Waals surface area (Å²) in [6, 6.07) is 10.2. The summed E-state index contributed by atoms with van der Waals surface area (Å²) in [4.78, 5) is 4.95. The van der Waals surface area contributed by atoms with Crippen molar-refractivity contribution in [2.45, 2.75) is 26.3 Å². The summed E-state index contributed by atoms with van der Waals surface area (Å²) in [5.74, 6) is 4.51. The molecule has 29 heavy (non-hydrogen) atoms. The lowest BCUT2D eigenvalue weighted by Crippen LogP contribution is -2.38. The summed E-state index contributed by atoms with van der Waals surface area (Å²) in [6.07, 6.45) is 4.75. The van der Waals surface area contributed by atoms with Gasteiger partial charge in [0.25, 0.3) is 0 Å². The minimum absolute atomic E-state index is 0.638. The van der Waals surface area contributed by atoms with Crippen LogP contribution in [-0.2, 0) is 6.54 Å². The Bertz CT molecular complexity index is 850. The molecule has 156 valence electrons. The first-order chi connectivity index (χ1) is 14.1. The van der Waals surface area contributed by atoms with Gasteiger partial charge in [-0.2, -0.15) is 0 Å². The highest BCUT2D eigenvalue weighted by Crippen LogP contribution is 2.35. The zero-order valence-electron chi connectivity index (χ0n) is 17.8. The van der Waals surface area contributed by atoms with E-state index in [0.717, 1.165) is 67.2 Å². The summed E-state index contributed by atoms with van der Waals surface area (Å²) < 4.78 is 17.1. The quantitative estimate of drug-likeness (QED) is 0.701. The lowest BCUT2D eigenvalue weighted by atomic mass is 9.96. The normalized spacial score (nSPS) is 17.7. The fraction of sp³-hybridized carbons (Fsp3) is 0.500. The van der Waals surface area contributed by atoms with Crippen molar-refractivity contribution in [2.24, 2.45) is 5.92 Å². The molecule has 1 saturated heterocycles.